The van der Waals surface area contributed by atoms with Crippen molar-refractivity contribution >= 4 is 35.2 Å². The molecular formula is C18H28N2O4S2Si. The van der Waals surface area contributed by atoms with Crippen LogP contribution in [0.25, 0.3) is 0 Å². The van der Waals surface area contributed by atoms with Crippen LogP contribution in [-0.4, -0.2) is 35.1 Å². The van der Waals surface area contributed by atoms with Crippen LogP contribution in [-0.2, 0) is 23.1 Å². The Kier molecular flexibility index (Phi) is 5.22. The third-order valence-electron chi connectivity index (χ3n) is 5.98. The van der Waals surface area contributed by atoms with E-state index in [0.29, 0.717) is 10.3 Å². The van der Waals surface area contributed by atoms with E-state index in [1.54, 1.807) is 0 Å². The van der Waals surface area contributed by atoms with Gasteiger partial charge in [0.15, 0.2) is 0 Å². The Bertz CT molecular complexity index is 931. The molecule has 0 amide bonds. The number of hydrogen-bond donors (Lipinski definition) is 2. The molecule has 0 saturated carbocycles. The maximum Gasteiger partial charge on any atom is 0.364 e. The summed E-state index contributed by atoms with van der Waals surface area (Å²) in [5.74, 6) is 0. The van der Waals surface area contributed by atoms with Crippen LogP contribution in [0.4, 0.5) is 0 Å². The number of aromatic nitrogens is 2. The molecule has 0 aliphatic heterocycles. The Morgan fingerprint density at radius 2 is 1.89 bits per heavy atom. The van der Waals surface area contributed by atoms with Gasteiger partial charge in [0.05, 0.1) is 11.9 Å². The molecule has 27 heavy (non-hydrogen) atoms. The summed E-state index contributed by atoms with van der Waals surface area (Å²) in [6.07, 6.45) is 4.53. The predicted octanol–water partition coefficient (Wildman–Crippen LogP) is 3.27. The van der Waals surface area contributed by atoms with E-state index in [4.69, 9.17) is 0 Å². The van der Waals surface area contributed by atoms with Gasteiger partial charge in [-0.2, -0.15) is 8.42 Å². The summed E-state index contributed by atoms with van der Waals surface area (Å²) in [7, 11) is -6.95. The van der Waals surface area contributed by atoms with Crippen LogP contribution in [0.1, 0.15) is 60.7 Å². The van der Waals surface area contributed by atoms with E-state index in [-0.39, 0.29) is 10.7 Å². The molecule has 0 saturated heterocycles. The third-order valence-corrected chi connectivity index (χ3v) is 13.5. The largest absolute Gasteiger partial charge is 0.381 e. The molecule has 0 spiro atoms. The molecule has 2 heterocycles. The molecular weight excluding hydrogens is 400 g/mol. The van der Waals surface area contributed by atoms with Gasteiger partial charge in [-0.3, -0.25) is 4.55 Å². The molecule has 1 unspecified atom stereocenters. The van der Waals surface area contributed by atoms with E-state index in [0.717, 1.165) is 29.7 Å². The van der Waals surface area contributed by atoms with Crippen LogP contribution in [0, 0.1) is 0 Å². The Hall–Kier alpha value is -1.00. The van der Waals surface area contributed by atoms with E-state index in [2.05, 4.69) is 4.98 Å². The molecule has 9 heteroatoms. The van der Waals surface area contributed by atoms with Gasteiger partial charge >= 0.3 is 10.3 Å². The van der Waals surface area contributed by atoms with Crippen molar-refractivity contribution in [3.05, 3.63) is 33.3 Å². The number of imidazole rings is 1. The lowest BCUT2D eigenvalue weighted by Crippen LogP contribution is -2.55. The number of aliphatic hydroxyl groups excluding tert-OH is 1. The average Bonchev–Trinajstić information content (AvgIpc) is 3.17. The number of thiophene rings is 1. The summed E-state index contributed by atoms with van der Waals surface area (Å²) >= 11 is 1.52. The maximum absolute atomic E-state index is 12.2. The fourth-order valence-electron chi connectivity index (χ4n) is 3.32. The van der Waals surface area contributed by atoms with Crippen molar-refractivity contribution < 1.29 is 18.1 Å². The predicted molar refractivity (Wildman–Crippen MR) is 111 cm³/mol. The first-order valence-electron chi connectivity index (χ1n) is 9.19. The summed E-state index contributed by atoms with van der Waals surface area (Å²) in [6.45, 7) is 10.2. The molecule has 2 N–H and O–H groups in total. The van der Waals surface area contributed by atoms with Gasteiger partial charge in [-0.1, -0.05) is 33.9 Å². The quantitative estimate of drug-likeness (QED) is 0.576. The van der Waals surface area contributed by atoms with Gasteiger partial charge in [0.25, 0.3) is 0 Å². The first-order chi connectivity index (χ1) is 12.3. The van der Waals surface area contributed by atoms with E-state index < -0.39 is 24.5 Å². The summed E-state index contributed by atoms with van der Waals surface area (Å²) < 4.78 is 35.3. The van der Waals surface area contributed by atoms with Crippen molar-refractivity contribution in [1.29, 1.82) is 0 Å². The minimum atomic E-state index is -4.59. The Morgan fingerprint density at radius 1 is 1.26 bits per heavy atom. The fourth-order valence-corrected chi connectivity index (χ4v) is 7.98. The first-order valence-corrected chi connectivity index (χ1v) is 14.4. The topological polar surface area (TPSA) is 92.4 Å². The number of fused-ring (bicyclic) bond motifs is 1. The zero-order valence-corrected chi connectivity index (χ0v) is 19.1. The maximum atomic E-state index is 12.2. The number of aliphatic hydroxyl groups is 1. The van der Waals surface area contributed by atoms with E-state index >= 15 is 0 Å². The van der Waals surface area contributed by atoms with E-state index in [1.807, 2.05) is 39.9 Å². The first kappa shape index (κ1) is 20.7. The highest BCUT2D eigenvalue weighted by Crippen LogP contribution is 2.38. The van der Waals surface area contributed by atoms with Crippen LogP contribution >= 0.6 is 11.3 Å². The van der Waals surface area contributed by atoms with Crippen molar-refractivity contribution in [1.82, 2.24) is 8.96 Å². The molecule has 150 valence electrons. The fraction of sp³-hybridized carbons (Fsp3) is 0.611. The van der Waals surface area contributed by atoms with E-state index in [1.165, 1.54) is 28.0 Å². The van der Waals surface area contributed by atoms with Gasteiger partial charge in [-0.25, -0.2) is 8.96 Å². The van der Waals surface area contributed by atoms with Crippen LogP contribution in [0.5, 0.6) is 0 Å². The molecule has 0 radical (unpaired) electrons. The van der Waals surface area contributed by atoms with Crippen molar-refractivity contribution in [2.75, 3.05) is 0 Å². The highest BCUT2D eigenvalue weighted by molar-refractivity contribution is 7.84. The monoisotopic (exact) mass is 428 g/mol. The second kappa shape index (κ2) is 6.80. The Balaban J connectivity index is 2.12. The molecule has 1 atom stereocenters. The van der Waals surface area contributed by atoms with Crippen LogP contribution in [0.2, 0.25) is 18.1 Å². The van der Waals surface area contributed by atoms with Gasteiger partial charge in [-0.15, -0.1) is 11.3 Å². The normalized spacial score (nSPS) is 17.0. The van der Waals surface area contributed by atoms with Crippen LogP contribution in [0.15, 0.2) is 12.3 Å². The molecule has 0 aromatic carbocycles. The van der Waals surface area contributed by atoms with Gasteiger partial charge in [0.2, 0.25) is 0 Å². The third kappa shape index (κ3) is 3.67. The zero-order chi connectivity index (χ0) is 20.2. The van der Waals surface area contributed by atoms with Crippen molar-refractivity contribution in [3.63, 3.8) is 0 Å². The number of hydrogen-bond acceptors (Lipinski definition) is 5. The summed E-state index contributed by atoms with van der Waals surface area (Å²) in [4.78, 5) is 6.34. The lowest BCUT2D eigenvalue weighted by Gasteiger charge is -2.35. The molecule has 1 aliphatic carbocycles. The van der Waals surface area contributed by atoms with Crippen molar-refractivity contribution in [2.45, 2.75) is 70.7 Å². The molecule has 3 rings (SSSR count). The second-order valence-electron chi connectivity index (χ2n) is 8.83. The standard InChI is InChI=1S/C18H28N2O4S2Si/c1-18(2,3)27(4,5)17-19-11-13(20(17)26(22,23)24)16(21)15-10-12-8-6-7-9-14(12)25-15/h10-11,16,21H,6-9H2,1-5H3,(H,22,23,24). The molecule has 6 nitrogen and oxygen atoms in total. The molecule has 2 aromatic heterocycles. The molecule has 0 bridgehead atoms. The molecule has 2 aromatic rings. The summed E-state index contributed by atoms with van der Waals surface area (Å²) in [5, 5.41) is 10.8. The second-order valence-corrected chi connectivity index (χ2v) is 16.5. The van der Waals surface area contributed by atoms with Gasteiger partial charge in [0, 0.05) is 9.75 Å². The van der Waals surface area contributed by atoms with Gasteiger partial charge in [-0.05, 0) is 42.4 Å². The average molecular weight is 429 g/mol. The zero-order valence-electron chi connectivity index (χ0n) is 16.5. The molecule has 0 fully saturated rings. The number of rotatable bonds is 4. The minimum absolute atomic E-state index is 0.107. The minimum Gasteiger partial charge on any atom is -0.381 e. The lowest BCUT2D eigenvalue weighted by atomic mass is 9.99. The smallest absolute Gasteiger partial charge is 0.364 e. The van der Waals surface area contributed by atoms with Crippen molar-refractivity contribution in [2.24, 2.45) is 0 Å². The van der Waals surface area contributed by atoms with Crippen molar-refractivity contribution in [3.8, 4) is 0 Å². The number of aryl methyl sites for hydroxylation is 2. The van der Waals surface area contributed by atoms with Crippen LogP contribution in [0.3, 0.4) is 0 Å². The van der Waals surface area contributed by atoms with Gasteiger partial charge in [0.1, 0.15) is 19.6 Å². The Labute approximate surface area is 166 Å². The van der Waals surface area contributed by atoms with Gasteiger partial charge < -0.3 is 5.11 Å². The Morgan fingerprint density at radius 3 is 2.44 bits per heavy atom. The van der Waals surface area contributed by atoms with E-state index in [9.17, 15) is 18.1 Å². The summed E-state index contributed by atoms with van der Waals surface area (Å²) in [6, 6.07) is 1.97. The highest BCUT2D eigenvalue weighted by Gasteiger charge is 2.43. The SMILES string of the molecule is CC(C)(C)[Si](C)(C)c1ncc(C(O)c2cc3c(s2)CCCC3)n1S(=O)(=O)O. The summed E-state index contributed by atoms with van der Waals surface area (Å²) in [5.41, 5.74) is 1.70. The number of nitrogens with zero attached hydrogens (tertiary/aromatic N) is 2. The molecule has 1 aliphatic rings. The lowest BCUT2D eigenvalue weighted by molar-refractivity contribution is 0.217. The highest BCUT2D eigenvalue weighted by atomic mass is 32.2. The van der Waals surface area contributed by atoms with Crippen LogP contribution < -0.4 is 5.45 Å².